The van der Waals surface area contributed by atoms with Crippen molar-refractivity contribution in [2.24, 2.45) is 5.73 Å². The quantitative estimate of drug-likeness (QED) is 0.732. The third kappa shape index (κ3) is 4.51. The molecule has 1 aromatic rings. The first kappa shape index (κ1) is 17.9. The zero-order valence-corrected chi connectivity index (χ0v) is 13.3. The molecular formula is C16H29NO2. The van der Waals surface area contributed by atoms with E-state index in [-0.39, 0.29) is 10.8 Å². The normalized spacial score (nSPS) is 11.8. The molecule has 110 valence electrons. The Balaban J connectivity index is 0.00000154. The van der Waals surface area contributed by atoms with E-state index in [1.165, 1.54) is 0 Å². The van der Waals surface area contributed by atoms with Crippen LogP contribution in [-0.2, 0) is 17.4 Å². The second kappa shape index (κ2) is 6.40. The van der Waals surface area contributed by atoms with E-state index in [9.17, 15) is 5.11 Å². The van der Waals surface area contributed by atoms with Crippen LogP contribution in [0, 0.1) is 0 Å². The van der Waals surface area contributed by atoms with Crippen molar-refractivity contribution in [2.45, 2.75) is 58.9 Å². The van der Waals surface area contributed by atoms with Crippen LogP contribution in [-0.4, -0.2) is 17.3 Å². The van der Waals surface area contributed by atoms with Crippen molar-refractivity contribution in [1.82, 2.24) is 0 Å². The molecule has 0 saturated heterocycles. The van der Waals surface area contributed by atoms with E-state index < -0.39 is 0 Å². The number of hydrogen-bond acceptors (Lipinski definition) is 3. The van der Waals surface area contributed by atoms with Crippen molar-refractivity contribution >= 4 is 0 Å². The van der Waals surface area contributed by atoms with Gasteiger partial charge in [-0.25, -0.2) is 0 Å². The van der Waals surface area contributed by atoms with E-state index in [0.717, 1.165) is 23.8 Å². The van der Waals surface area contributed by atoms with Crippen LogP contribution in [0.25, 0.3) is 0 Å². The molecule has 0 unspecified atom stereocenters. The number of aliphatic hydroxyl groups is 1. The van der Waals surface area contributed by atoms with Gasteiger partial charge in [-0.05, 0) is 27.5 Å². The summed E-state index contributed by atoms with van der Waals surface area (Å²) in [6, 6.07) is 4.04. The molecule has 0 fully saturated rings. The van der Waals surface area contributed by atoms with Crippen LogP contribution < -0.4 is 5.73 Å². The molecule has 1 aromatic carbocycles. The molecule has 0 aromatic heterocycles. The number of hydrogen-bond donors (Lipinski definition) is 3. The van der Waals surface area contributed by atoms with E-state index in [0.29, 0.717) is 12.3 Å². The standard InChI is InChI=1S/C15H25NO.CH4O/c1-14(2,3)11-7-10(9-16)8-12(13(11)17)15(4,5)6;1-2/h7-8,17H,9,16H2,1-6H3;2H,1H3. The monoisotopic (exact) mass is 267 g/mol. The van der Waals surface area contributed by atoms with E-state index in [4.69, 9.17) is 10.8 Å². The number of nitrogens with two attached hydrogens (primary N) is 1. The highest BCUT2D eigenvalue weighted by Gasteiger charge is 2.26. The van der Waals surface area contributed by atoms with E-state index in [1.807, 2.05) is 12.1 Å². The van der Waals surface area contributed by atoms with Gasteiger partial charge in [-0.15, -0.1) is 0 Å². The number of aromatic hydroxyl groups is 1. The summed E-state index contributed by atoms with van der Waals surface area (Å²) in [6.45, 7) is 13.1. The smallest absolute Gasteiger partial charge is 0.123 e. The molecule has 0 aliphatic heterocycles. The van der Waals surface area contributed by atoms with Gasteiger partial charge in [0, 0.05) is 13.7 Å². The maximum absolute atomic E-state index is 10.4. The van der Waals surface area contributed by atoms with Crippen molar-refractivity contribution in [3.8, 4) is 5.75 Å². The van der Waals surface area contributed by atoms with Crippen LogP contribution in [0.2, 0.25) is 0 Å². The fraction of sp³-hybridized carbons (Fsp3) is 0.625. The fourth-order valence-corrected chi connectivity index (χ4v) is 1.96. The first-order chi connectivity index (χ1) is 8.57. The largest absolute Gasteiger partial charge is 0.507 e. The summed E-state index contributed by atoms with van der Waals surface area (Å²) >= 11 is 0. The first-order valence-corrected chi connectivity index (χ1v) is 6.59. The Labute approximate surface area is 117 Å². The highest BCUT2D eigenvalue weighted by Crippen LogP contribution is 2.39. The van der Waals surface area contributed by atoms with Crippen LogP contribution in [0.15, 0.2) is 12.1 Å². The van der Waals surface area contributed by atoms with Gasteiger partial charge in [0.05, 0.1) is 0 Å². The Hall–Kier alpha value is -1.06. The first-order valence-electron chi connectivity index (χ1n) is 6.59. The van der Waals surface area contributed by atoms with Crippen LogP contribution in [0.3, 0.4) is 0 Å². The molecule has 19 heavy (non-hydrogen) atoms. The summed E-state index contributed by atoms with van der Waals surface area (Å²) in [5.74, 6) is 0.419. The Bertz CT molecular complexity index is 377. The topological polar surface area (TPSA) is 66.5 Å². The van der Waals surface area contributed by atoms with E-state index in [1.54, 1.807) is 0 Å². The lowest BCUT2D eigenvalue weighted by Crippen LogP contribution is -2.18. The summed E-state index contributed by atoms with van der Waals surface area (Å²) in [4.78, 5) is 0. The molecule has 0 aliphatic rings. The molecule has 3 heteroatoms. The van der Waals surface area contributed by atoms with Crippen molar-refractivity contribution in [1.29, 1.82) is 0 Å². The minimum absolute atomic E-state index is 0.0741. The molecule has 1 rings (SSSR count). The highest BCUT2D eigenvalue weighted by molar-refractivity contribution is 5.49. The number of benzene rings is 1. The number of phenolic OH excluding ortho intramolecular Hbond substituents is 1. The van der Waals surface area contributed by atoms with Gasteiger partial charge in [-0.1, -0.05) is 53.7 Å². The second-order valence-corrected chi connectivity index (χ2v) is 6.74. The molecular weight excluding hydrogens is 238 g/mol. The summed E-state index contributed by atoms with van der Waals surface area (Å²) in [5.41, 5.74) is 8.63. The molecule has 0 aliphatic carbocycles. The molecule has 0 saturated carbocycles. The second-order valence-electron chi connectivity index (χ2n) is 6.74. The molecule has 0 heterocycles. The molecule has 0 amide bonds. The van der Waals surface area contributed by atoms with Gasteiger partial charge in [-0.2, -0.15) is 0 Å². The molecule has 4 N–H and O–H groups in total. The van der Waals surface area contributed by atoms with Gasteiger partial charge >= 0.3 is 0 Å². The van der Waals surface area contributed by atoms with Gasteiger partial charge < -0.3 is 15.9 Å². The summed E-state index contributed by atoms with van der Waals surface area (Å²) in [6.07, 6.45) is 0. The van der Waals surface area contributed by atoms with Gasteiger partial charge in [0.15, 0.2) is 0 Å². The van der Waals surface area contributed by atoms with Crippen LogP contribution in [0.5, 0.6) is 5.75 Å². The van der Waals surface area contributed by atoms with Gasteiger partial charge in [0.25, 0.3) is 0 Å². The zero-order valence-electron chi connectivity index (χ0n) is 13.3. The number of phenols is 1. The van der Waals surface area contributed by atoms with E-state index in [2.05, 4.69) is 41.5 Å². The van der Waals surface area contributed by atoms with E-state index >= 15 is 0 Å². The molecule has 0 bridgehead atoms. The lowest BCUT2D eigenvalue weighted by Gasteiger charge is -2.28. The highest BCUT2D eigenvalue weighted by atomic mass is 16.3. The van der Waals surface area contributed by atoms with Crippen molar-refractivity contribution in [3.63, 3.8) is 0 Å². The van der Waals surface area contributed by atoms with Crippen molar-refractivity contribution in [3.05, 3.63) is 28.8 Å². The van der Waals surface area contributed by atoms with Crippen LogP contribution in [0.1, 0.15) is 58.2 Å². The van der Waals surface area contributed by atoms with Crippen LogP contribution >= 0.6 is 0 Å². The minimum Gasteiger partial charge on any atom is -0.507 e. The van der Waals surface area contributed by atoms with Gasteiger partial charge in [-0.3, -0.25) is 0 Å². The average Bonchev–Trinajstić information content (AvgIpc) is 2.29. The molecule has 0 spiro atoms. The van der Waals surface area contributed by atoms with Gasteiger partial charge in [0.1, 0.15) is 5.75 Å². The summed E-state index contributed by atoms with van der Waals surface area (Å²) in [7, 11) is 1.00. The number of rotatable bonds is 1. The Morgan fingerprint density at radius 2 is 1.21 bits per heavy atom. The Kier molecular flexibility index (Phi) is 6.04. The van der Waals surface area contributed by atoms with Crippen molar-refractivity contribution in [2.75, 3.05) is 7.11 Å². The third-order valence-corrected chi connectivity index (χ3v) is 3.02. The van der Waals surface area contributed by atoms with Gasteiger partial charge in [0.2, 0.25) is 0 Å². The fourth-order valence-electron chi connectivity index (χ4n) is 1.96. The Morgan fingerprint density at radius 3 is 1.42 bits per heavy atom. The minimum atomic E-state index is -0.0741. The zero-order chi connectivity index (χ0) is 15.4. The molecule has 0 atom stereocenters. The predicted molar refractivity (Wildman–Crippen MR) is 81.5 cm³/mol. The third-order valence-electron chi connectivity index (χ3n) is 3.02. The maximum Gasteiger partial charge on any atom is 0.123 e. The lowest BCUT2D eigenvalue weighted by molar-refractivity contribution is 0.399. The maximum atomic E-state index is 10.4. The van der Waals surface area contributed by atoms with Crippen molar-refractivity contribution < 1.29 is 10.2 Å². The molecule has 0 radical (unpaired) electrons. The Morgan fingerprint density at radius 1 is 0.895 bits per heavy atom. The SMILES string of the molecule is CC(C)(C)c1cc(CN)cc(C(C)(C)C)c1O.CO. The molecule has 3 nitrogen and oxygen atoms in total. The average molecular weight is 267 g/mol. The summed E-state index contributed by atoms with van der Waals surface area (Å²) < 4.78 is 0. The summed E-state index contributed by atoms with van der Waals surface area (Å²) in [5, 5.41) is 17.4. The predicted octanol–water partition coefficient (Wildman–Crippen LogP) is 3.05. The number of aliphatic hydroxyl groups excluding tert-OH is 1. The van der Waals surface area contributed by atoms with Crippen LogP contribution in [0.4, 0.5) is 0 Å². The lowest BCUT2D eigenvalue weighted by atomic mass is 9.78.